The molecule has 150 valence electrons. The lowest BCUT2D eigenvalue weighted by Gasteiger charge is -2.19. The highest BCUT2D eigenvalue weighted by atomic mass is 32.2. The Kier molecular flexibility index (Phi) is 6.72. The van der Waals surface area contributed by atoms with Gasteiger partial charge in [-0.05, 0) is 49.4 Å². The Morgan fingerprint density at radius 2 is 1.83 bits per heavy atom. The van der Waals surface area contributed by atoms with E-state index < -0.39 is 0 Å². The normalized spacial score (nSPS) is 16.2. The first-order valence-corrected chi connectivity index (χ1v) is 10.1. The number of anilines is 1. The predicted molar refractivity (Wildman–Crippen MR) is 115 cm³/mol. The summed E-state index contributed by atoms with van der Waals surface area (Å²) in [5.74, 6) is -0.125. The minimum absolute atomic E-state index is 0.151. The molecule has 2 aromatic carbocycles. The highest BCUT2D eigenvalue weighted by Gasteiger charge is 2.37. The topological polar surface area (TPSA) is 75.7 Å². The van der Waals surface area contributed by atoms with E-state index in [0.717, 1.165) is 11.8 Å². The zero-order valence-electron chi connectivity index (χ0n) is 16.3. The van der Waals surface area contributed by atoms with Gasteiger partial charge in [-0.3, -0.25) is 19.3 Å². The highest BCUT2D eigenvalue weighted by Crippen LogP contribution is 2.35. The van der Waals surface area contributed by atoms with Crippen LogP contribution < -0.4 is 10.1 Å². The van der Waals surface area contributed by atoms with Gasteiger partial charge in [-0.2, -0.15) is 0 Å². The maximum absolute atomic E-state index is 12.6. The van der Waals surface area contributed by atoms with Crippen LogP contribution in [0.4, 0.5) is 10.5 Å². The van der Waals surface area contributed by atoms with E-state index >= 15 is 0 Å². The summed E-state index contributed by atoms with van der Waals surface area (Å²) >= 11 is 0.919. The smallest absolute Gasteiger partial charge is 0.293 e. The van der Waals surface area contributed by atoms with Crippen molar-refractivity contribution in [2.24, 2.45) is 0 Å². The second kappa shape index (κ2) is 9.43. The van der Waals surface area contributed by atoms with E-state index in [0.29, 0.717) is 28.3 Å². The van der Waals surface area contributed by atoms with E-state index in [2.05, 4.69) is 5.32 Å². The van der Waals surface area contributed by atoms with Crippen molar-refractivity contribution in [2.75, 3.05) is 11.9 Å². The molecule has 2 aromatic rings. The van der Waals surface area contributed by atoms with Crippen molar-refractivity contribution in [2.45, 2.75) is 26.3 Å². The maximum atomic E-state index is 12.6. The molecule has 1 saturated heterocycles. The minimum Gasteiger partial charge on any atom is -0.483 e. The van der Waals surface area contributed by atoms with E-state index in [4.69, 9.17) is 4.74 Å². The van der Waals surface area contributed by atoms with Crippen LogP contribution in [0.2, 0.25) is 0 Å². The molecule has 7 heteroatoms. The van der Waals surface area contributed by atoms with Crippen molar-refractivity contribution in [3.8, 4) is 5.75 Å². The molecule has 0 aliphatic carbocycles. The lowest BCUT2D eigenvalue weighted by Crippen LogP contribution is -2.36. The summed E-state index contributed by atoms with van der Waals surface area (Å²) < 4.78 is 5.66. The Morgan fingerprint density at radius 1 is 1.14 bits per heavy atom. The summed E-state index contributed by atoms with van der Waals surface area (Å²) in [4.78, 5) is 38.6. The van der Waals surface area contributed by atoms with Gasteiger partial charge in [0.25, 0.3) is 17.1 Å². The van der Waals surface area contributed by atoms with Gasteiger partial charge in [0.05, 0.1) is 4.91 Å². The molecule has 0 saturated carbocycles. The molecule has 1 fully saturated rings. The van der Waals surface area contributed by atoms with Gasteiger partial charge in [-0.1, -0.05) is 43.3 Å². The number of para-hydroxylation sites is 2. The van der Waals surface area contributed by atoms with E-state index in [1.807, 2.05) is 38.1 Å². The molecule has 3 rings (SSSR count). The summed E-state index contributed by atoms with van der Waals surface area (Å²) in [6, 6.07) is 16.1. The quantitative estimate of drug-likeness (QED) is 0.678. The molecule has 1 aliphatic rings. The number of hydrogen-bond donors (Lipinski definition) is 1. The minimum atomic E-state index is -0.300. The van der Waals surface area contributed by atoms with Gasteiger partial charge in [0.1, 0.15) is 5.75 Å². The van der Waals surface area contributed by atoms with Crippen LogP contribution in [0.5, 0.6) is 5.75 Å². The number of nitrogens with zero attached hydrogens (tertiary/aromatic N) is 1. The predicted octanol–water partition coefficient (Wildman–Crippen LogP) is 4.54. The average Bonchev–Trinajstić information content (AvgIpc) is 3.00. The molecule has 0 unspecified atom stereocenters. The number of carbonyl (C=O) groups is 3. The number of ether oxygens (including phenoxy) is 1. The summed E-state index contributed by atoms with van der Waals surface area (Å²) in [5.41, 5.74) is 1.32. The second-order valence-electron chi connectivity index (χ2n) is 6.55. The zero-order valence-corrected chi connectivity index (χ0v) is 17.1. The second-order valence-corrected chi connectivity index (χ2v) is 7.54. The Bertz CT molecular complexity index is 943. The number of hydrogen-bond acceptors (Lipinski definition) is 5. The van der Waals surface area contributed by atoms with Gasteiger partial charge in [0, 0.05) is 17.3 Å². The first kappa shape index (κ1) is 20.7. The number of amides is 3. The molecule has 0 spiro atoms. The molecule has 0 aromatic heterocycles. The maximum Gasteiger partial charge on any atom is 0.293 e. The van der Waals surface area contributed by atoms with Crippen LogP contribution in [-0.2, 0) is 9.59 Å². The van der Waals surface area contributed by atoms with Gasteiger partial charge in [-0.15, -0.1) is 0 Å². The number of nitrogens with one attached hydrogen (secondary N) is 1. The number of rotatable bonds is 7. The monoisotopic (exact) mass is 410 g/mol. The van der Waals surface area contributed by atoms with Crippen LogP contribution >= 0.6 is 11.8 Å². The molecule has 1 aliphatic heterocycles. The summed E-state index contributed by atoms with van der Waals surface area (Å²) in [6.07, 6.45) is 2.33. The van der Waals surface area contributed by atoms with E-state index in [1.165, 1.54) is 4.90 Å². The van der Waals surface area contributed by atoms with Crippen molar-refractivity contribution in [1.29, 1.82) is 0 Å². The van der Waals surface area contributed by atoms with Crippen molar-refractivity contribution in [3.05, 3.63) is 65.1 Å². The molecule has 1 heterocycles. The molecule has 6 nitrogen and oxygen atoms in total. The fourth-order valence-electron chi connectivity index (χ4n) is 2.78. The van der Waals surface area contributed by atoms with Crippen molar-refractivity contribution in [3.63, 3.8) is 0 Å². The molecule has 29 heavy (non-hydrogen) atoms. The summed E-state index contributed by atoms with van der Waals surface area (Å²) in [5, 5.41) is 2.49. The third-order valence-electron chi connectivity index (χ3n) is 4.48. The van der Waals surface area contributed by atoms with Crippen molar-refractivity contribution >= 4 is 40.6 Å². The molecule has 1 atom stereocenters. The number of imide groups is 1. The SMILES string of the molecule is CC[C@@H](C)N1C(=O)S/C(=C/c2ccccc2OCC(=O)Nc2ccccc2)C1=O. The van der Waals surface area contributed by atoms with Gasteiger partial charge in [0.15, 0.2) is 6.61 Å². The van der Waals surface area contributed by atoms with Crippen molar-refractivity contribution in [1.82, 2.24) is 4.90 Å². The number of carbonyl (C=O) groups excluding carboxylic acids is 3. The third-order valence-corrected chi connectivity index (χ3v) is 5.36. The highest BCUT2D eigenvalue weighted by molar-refractivity contribution is 8.18. The lowest BCUT2D eigenvalue weighted by molar-refractivity contribution is -0.124. The molecular formula is C22H22N2O4S. The van der Waals surface area contributed by atoms with E-state index in [-0.39, 0.29) is 29.7 Å². The van der Waals surface area contributed by atoms with Gasteiger partial charge >= 0.3 is 0 Å². The van der Waals surface area contributed by atoms with Crippen LogP contribution in [0.25, 0.3) is 6.08 Å². The summed E-state index contributed by atoms with van der Waals surface area (Å²) in [6.45, 7) is 3.61. The van der Waals surface area contributed by atoms with Crippen LogP contribution in [0.3, 0.4) is 0 Å². The van der Waals surface area contributed by atoms with E-state index in [1.54, 1.807) is 36.4 Å². The van der Waals surface area contributed by atoms with Gasteiger partial charge in [-0.25, -0.2) is 0 Å². The Balaban J connectivity index is 1.71. The average molecular weight is 410 g/mol. The van der Waals surface area contributed by atoms with E-state index in [9.17, 15) is 14.4 Å². The molecular weight excluding hydrogens is 388 g/mol. The standard InChI is InChI=1S/C22H22N2O4S/c1-3-15(2)24-21(26)19(29-22(24)27)13-16-9-7-8-12-18(16)28-14-20(25)23-17-10-5-4-6-11-17/h4-13,15H,3,14H2,1-2H3,(H,23,25)/b19-13+/t15-/m1/s1. The zero-order chi connectivity index (χ0) is 20.8. The van der Waals surface area contributed by atoms with Crippen LogP contribution in [-0.4, -0.2) is 34.6 Å². The Labute approximate surface area is 173 Å². The molecule has 3 amide bonds. The van der Waals surface area contributed by atoms with Crippen LogP contribution in [0, 0.1) is 0 Å². The molecule has 0 radical (unpaired) electrons. The fraction of sp³-hybridized carbons (Fsp3) is 0.227. The first-order chi connectivity index (χ1) is 14.0. The molecule has 0 bridgehead atoms. The van der Waals surface area contributed by atoms with Crippen LogP contribution in [0.15, 0.2) is 59.5 Å². The Morgan fingerprint density at radius 3 is 2.55 bits per heavy atom. The van der Waals surface area contributed by atoms with Crippen molar-refractivity contribution < 1.29 is 19.1 Å². The lowest BCUT2D eigenvalue weighted by atomic mass is 10.1. The Hall–Kier alpha value is -3.06. The first-order valence-electron chi connectivity index (χ1n) is 9.33. The number of thioether (sulfide) groups is 1. The van der Waals surface area contributed by atoms with Gasteiger partial charge in [0.2, 0.25) is 0 Å². The third kappa shape index (κ3) is 5.06. The molecule has 1 N–H and O–H groups in total. The largest absolute Gasteiger partial charge is 0.483 e. The fourth-order valence-corrected chi connectivity index (χ4v) is 3.70. The number of benzene rings is 2. The van der Waals surface area contributed by atoms with Gasteiger partial charge < -0.3 is 10.1 Å². The van der Waals surface area contributed by atoms with Crippen LogP contribution in [0.1, 0.15) is 25.8 Å². The summed E-state index contributed by atoms with van der Waals surface area (Å²) in [7, 11) is 0.